The molecule has 0 N–H and O–H groups in total. The van der Waals surface area contributed by atoms with E-state index in [1.165, 1.54) is 4.31 Å². The Bertz CT molecular complexity index is 664. The van der Waals surface area contributed by atoms with Gasteiger partial charge in [-0.1, -0.05) is 49.2 Å². The molecule has 0 atom stereocenters. The van der Waals surface area contributed by atoms with Crippen LogP contribution in [0.4, 0.5) is 5.69 Å². The Morgan fingerprint density at radius 3 is 2.14 bits per heavy atom. The van der Waals surface area contributed by atoms with E-state index in [4.69, 9.17) is 0 Å². The second kappa shape index (κ2) is 6.76. The Morgan fingerprint density at radius 2 is 1.57 bits per heavy atom. The molecule has 0 saturated heterocycles. The molecule has 0 heterocycles. The molecule has 0 aromatic heterocycles. The number of nitrogens with zero attached hydrogens (tertiary/aromatic N) is 1. The number of aryl methyl sites for hydroxylation is 1. The van der Waals surface area contributed by atoms with E-state index in [1.54, 1.807) is 12.1 Å². The third kappa shape index (κ3) is 3.64. The van der Waals surface area contributed by atoms with Crippen LogP contribution in [0.1, 0.15) is 25.3 Å². The van der Waals surface area contributed by atoms with Crippen LogP contribution in [0.2, 0.25) is 0 Å². The molecule has 0 radical (unpaired) electrons. The summed E-state index contributed by atoms with van der Waals surface area (Å²) in [5, 5.41) is 0. The smallest absolute Gasteiger partial charge is 0.264 e. The fourth-order valence-electron chi connectivity index (χ4n) is 2.12. The van der Waals surface area contributed by atoms with Crippen LogP contribution < -0.4 is 4.31 Å². The minimum Gasteiger partial charge on any atom is -0.266 e. The molecule has 0 fully saturated rings. The summed E-state index contributed by atoms with van der Waals surface area (Å²) in [7, 11) is -3.51. The molecule has 0 amide bonds. The summed E-state index contributed by atoms with van der Waals surface area (Å²) >= 11 is 0. The predicted molar refractivity (Wildman–Crippen MR) is 87.1 cm³/mol. The van der Waals surface area contributed by atoms with Crippen LogP contribution in [-0.2, 0) is 10.0 Å². The maximum absolute atomic E-state index is 12.9. The van der Waals surface area contributed by atoms with Crippen molar-refractivity contribution >= 4 is 15.7 Å². The molecular formula is C17H21NO2S. The Kier molecular flexibility index (Phi) is 5.02. The van der Waals surface area contributed by atoms with Gasteiger partial charge in [-0.05, 0) is 37.6 Å². The standard InChI is InChI=1S/C17H21NO2S/c1-3-4-14-18(16-8-6-5-7-9-16)21(19,20)17-12-10-15(2)11-13-17/h5-13H,3-4,14H2,1-2H3. The van der Waals surface area contributed by atoms with Crippen molar-refractivity contribution in [2.24, 2.45) is 0 Å². The number of hydrogen-bond acceptors (Lipinski definition) is 2. The highest BCUT2D eigenvalue weighted by molar-refractivity contribution is 7.92. The number of rotatable bonds is 6. The van der Waals surface area contributed by atoms with E-state index in [1.807, 2.05) is 49.4 Å². The summed E-state index contributed by atoms with van der Waals surface area (Å²) in [6.45, 7) is 4.50. The monoisotopic (exact) mass is 303 g/mol. The number of para-hydroxylation sites is 1. The third-order valence-corrected chi connectivity index (χ3v) is 5.21. The molecule has 0 unspecified atom stereocenters. The van der Waals surface area contributed by atoms with Gasteiger partial charge < -0.3 is 0 Å². The minimum absolute atomic E-state index is 0.341. The fourth-order valence-corrected chi connectivity index (χ4v) is 3.62. The first-order valence-corrected chi connectivity index (χ1v) is 8.64. The topological polar surface area (TPSA) is 37.4 Å². The molecule has 4 heteroatoms. The summed E-state index contributed by atoms with van der Waals surface area (Å²) in [4.78, 5) is 0.341. The number of sulfonamides is 1. The lowest BCUT2D eigenvalue weighted by Gasteiger charge is -2.24. The Labute approximate surface area is 127 Å². The first-order chi connectivity index (χ1) is 10.1. The van der Waals surface area contributed by atoms with Crippen LogP contribution in [0.15, 0.2) is 59.5 Å². The van der Waals surface area contributed by atoms with Crippen LogP contribution >= 0.6 is 0 Å². The van der Waals surface area contributed by atoms with Gasteiger partial charge in [0.1, 0.15) is 0 Å². The summed E-state index contributed by atoms with van der Waals surface area (Å²) in [6, 6.07) is 16.3. The summed E-state index contributed by atoms with van der Waals surface area (Å²) in [5.41, 5.74) is 1.76. The van der Waals surface area contributed by atoms with Crippen LogP contribution in [0.25, 0.3) is 0 Å². The van der Waals surface area contributed by atoms with Gasteiger partial charge in [-0.3, -0.25) is 4.31 Å². The van der Waals surface area contributed by atoms with Gasteiger partial charge in [-0.2, -0.15) is 0 Å². The summed E-state index contributed by atoms with van der Waals surface area (Å²) < 4.78 is 27.3. The van der Waals surface area contributed by atoms with E-state index in [2.05, 4.69) is 6.92 Å². The van der Waals surface area contributed by atoms with Gasteiger partial charge in [-0.15, -0.1) is 0 Å². The maximum atomic E-state index is 12.9. The molecule has 21 heavy (non-hydrogen) atoms. The zero-order valence-corrected chi connectivity index (χ0v) is 13.3. The van der Waals surface area contributed by atoms with Gasteiger partial charge in [0.25, 0.3) is 10.0 Å². The van der Waals surface area contributed by atoms with E-state index < -0.39 is 10.0 Å². The van der Waals surface area contributed by atoms with Crippen molar-refractivity contribution in [3.8, 4) is 0 Å². The minimum atomic E-state index is -3.51. The SMILES string of the molecule is CCCCN(c1ccccc1)S(=O)(=O)c1ccc(C)cc1. The van der Waals surface area contributed by atoms with Crippen LogP contribution in [0.5, 0.6) is 0 Å². The van der Waals surface area contributed by atoms with E-state index >= 15 is 0 Å². The molecule has 0 spiro atoms. The quantitative estimate of drug-likeness (QED) is 0.809. The highest BCUT2D eigenvalue weighted by Gasteiger charge is 2.24. The average molecular weight is 303 g/mol. The summed E-state index contributed by atoms with van der Waals surface area (Å²) in [6.07, 6.45) is 1.78. The molecule has 2 rings (SSSR count). The highest BCUT2D eigenvalue weighted by Crippen LogP contribution is 2.24. The molecule has 112 valence electrons. The van der Waals surface area contributed by atoms with Crippen molar-refractivity contribution in [3.05, 3.63) is 60.2 Å². The molecule has 0 aliphatic carbocycles. The van der Waals surface area contributed by atoms with E-state index in [0.717, 1.165) is 18.4 Å². The van der Waals surface area contributed by atoms with Crippen molar-refractivity contribution in [2.75, 3.05) is 10.8 Å². The predicted octanol–water partition coefficient (Wildman–Crippen LogP) is 3.99. The Balaban J connectivity index is 2.42. The molecular weight excluding hydrogens is 282 g/mol. The molecule has 3 nitrogen and oxygen atoms in total. The molecule has 0 aliphatic heterocycles. The largest absolute Gasteiger partial charge is 0.266 e. The normalized spacial score (nSPS) is 11.3. The average Bonchev–Trinajstić information content (AvgIpc) is 2.49. The van der Waals surface area contributed by atoms with Crippen LogP contribution in [-0.4, -0.2) is 15.0 Å². The third-order valence-electron chi connectivity index (χ3n) is 3.37. The maximum Gasteiger partial charge on any atom is 0.264 e. The van der Waals surface area contributed by atoms with Crippen molar-refractivity contribution in [1.82, 2.24) is 0 Å². The van der Waals surface area contributed by atoms with Crippen molar-refractivity contribution < 1.29 is 8.42 Å². The van der Waals surface area contributed by atoms with Gasteiger partial charge in [0, 0.05) is 6.54 Å². The van der Waals surface area contributed by atoms with Crippen LogP contribution in [0, 0.1) is 6.92 Å². The van der Waals surface area contributed by atoms with Gasteiger partial charge in [0.15, 0.2) is 0 Å². The number of anilines is 1. The van der Waals surface area contributed by atoms with Crippen molar-refractivity contribution in [3.63, 3.8) is 0 Å². The molecule has 0 bridgehead atoms. The molecule has 2 aromatic carbocycles. The molecule has 2 aromatic rings. The Morgan fingerprint density at radius 1 is 0.952 bits per heavy atom. The van der Waals surface area contributed by atoms with E-state index in [9.17, 15) is 8.42 Å². The van der Waals surface area contributed by atoms with E-state index in [0.29, 0.717) is 17.1 Å². The Hall–Kier alpha value is -1.81. The number of hydrogen-bond donors (Lipinski definition) is 0. The lowest BCUT2D eigenvalue weighted by atomic mass is 10.2. The second-order valence-corrected chi connectivity index (χ2v) is 6.94. The lowest BCUT2D eigenvalue weighted by molar-refractivity contribution is 0.588. The van der Waals surface area contributed by atoms with Crippen molar-refractivity contribution in [1.29, 1.82) is 0 Å². The fraction of sp³-hybridized carbons (Fsp3) is 0.294. The highest BCUT2D eigenvalue weighted by atomic mass is 32.2. The zero-order chi connectivity index (χ0) is 15.3. The van der Waals surface area contributed by atoms with Gasteiger partial charge in [0.05, 0.1) is 10.6 Å². The van der Waals surface area contributed by atoms with Gasteiger partial charge in [-0.25, -0.2) is 8.42 Å². The van der Waals surface area contributed by atoms with Crippen LogP contribution in [0.3, 0.4) is 0 Å². The van der Waals surface area contributed by atoms with Gasteiger partial charge in [0.2, 0.25) is 0 Å². The second-order valence-electron chi connectivity index (χ2n) is 5.08. The number of benzene rings is 2. The van der Waals surface area contributed by atoms with Crippen molar-refractivity contribution in [2.45, 2.75) is 31.6 Å². The molecule has 0 saturated carbocycles. The number of unbranched alkanes of at least 4 members (excludes halogenated alkanes) is 1. The van der Waals surface area contributed by atoms with E-state index in [-0.39, 0.29) is 0 Å². The summed E-state index contributed by atoms with van der Waals surface area (Å²) in [5.74, 6) is 0. The van der Waals surface area contributed by atoms with Gasteiger partial charge >= 0.3 is 0 Å². The first-order valence-electron chi connectivity index (χ1n) is 7.20. The lowest BCUT2D eigenvalue weighted by Crippen LogP contribution is -2.32. The molecule has 0 aliphatic rings. The zero-order valence-electron chi connectivity index (χ0n) is 12.5. The first kappa shape index (κ1) is 15.6.